The van der Waals surface area contributed by atoms with Crippen LogP contribution >= 0.6 is 15.9 Å². The Bertz CT molecular complexity index is 609. The predicted molar refractivity (Wildman–Crippen MR) is 82.4 cm³/mol. The van der Waals surface area contributed by atoms with Crippen LogP contribution in [0.15, 0.2) is 28.9 Å². The average Bonchev–Trinajstić information content (AvgIpc) is 2.86. The Labute approximate surface area is 131 Å². The van der Waals surface area contributed by atoms with Crippen LogP contribution in [0, 0.1) is 5.82 Å². The molecule has 2 aromatic rings. The minimum absolute atomic E-state index is 0.0882. The molecular formula is C14H18BrFN4O. The van der Waals surface area contributed by atoms with Crippen molar-refractivity contribution in [1.29, 1.82) is 0 Å². The van der Waals surface area contributed by atoms with Crippen molar-refractivity contribution >= 4 is 15.9 Å². The van der Waals surface area contributed by atoms with Crippen molar-refractivity contribution in [2.75, 3.05) is 7.11 Å². The van der Waals surface area contributed by atoms with Crippen LogP contribution < -0.4 is 16.0 Å². The lowest BCUT2D eigenvalue weighted by atomic mass is 10.0. The summed E-state index contributed by atoms with van der Waals surface area (Å²) >= 11 is 3.38. The molecule has 114 valence electrons. The molecule has 21 heavy (non-hydrogen) atoms. The van der Waals surface area contributed by atoms with Gasteiger partial charge in [-0.05, 0) is 26.0 Å². The molecule has 0 aliphatic rings. The lowest BCUT2D eigenvalue weighted by Gasteiger charge is -2.22. The van der Waals surface area contributed by atoms with E-state index in [9.17, 15) is 4.39 Å². The number of benzene rings is 1. The normalized spacial score (nSPS) is 12.7. The third kappa shape index (κ3) is 2.95. The van der Waals surface area contributed by atoms with Crippen LogP contribution in [0.3, 0.4) is 0 Å². The van der Waals surface area contributed by atoms with Crippen LogP contribution in [0.1, 0.15) is 37.2 Å². The summed E-state index contributed by atoms with van der Waals surface area (Å²) in [5.41, 5.74) is 3.76. The van der Waals surface area contributed by atoms with E-state index < -0.39 is 6.04 Å². The fourth-order valence-electron chi connectivity index (χ4n) is 2.28. The topological polar surface area (TPSA) is 65.1 Å². The second kappa shape index (κ2) is 6.55. The van der Waals surface area contributed by atoms with Crippen LogP contribution in [-0.4, -0.2) is 16.9 Å². The van der Waals surface area contributed by atoms with Gasteiger partial charge in [0.05, 0.1) is 19.3 Å². The zero-order valence-corrected chi connectivity index (χ0v) is 13.7. The number of aromatic nitrogens is 2. The first-order chi connectivity index (χ1) is 10.0. The number of methoxy groups -OCH3 is 1. The first kappa shape index (κ1) is 15.9. The van der Waals surface area contributed by atoms with Gasteiger partial charge in [0.1, 0.15) is 11.5 Å². The fraction of sp³-hybridized carbons (Fsp3) is 0.357. The Kier molecular flexibility index (Phi) is 4.97. The predicted octanol–water partition coefficient (Wildman–Crippen LogP) is 2.93. The maximum absolute atomic E-state index is 14.3. The summed E-state index contributed by atoms with van der Waals surface area (Å²) in [6.07, 6.45) is 1.61. The molecule has 0 aliphatic heterocycles. The highest BCUT2D eigenvalue weighted by Gasteiger charge is 2.27. The molecule has 2 rings (SSSR count). The number of hydrazine groups is 1. The zero-order valence-electron chi connectivity index (χ0n) is 12.1. The van der Waals surface area contributed by atoms with Crippen LogP contribution in [0.5, 0.6) is 5.75 Å². The minimum atomic E-state index is -0.583. The van der Waals surface area contributed by atoms with Gasteiger partial charge >= 0.3 is 0 Å². The zero-order chi connectivity index (χ0) is 15.6. The molecule has 1 aromatic carbocycles. The standard InChI is InChI=1S/C14H18BrFN4O/c1-8(2)20-14(11(21-3)7-18-20)13(19-17)12-9(15)5-4-6-10(12)16/h4-8,13,19H,17H2,1-3H3. The molecule has 1 aromatic heterocycles. The van der Waals surface area contributed by atoms with Crippen molar-refractivity contribution < 1.29 is 9.13 Å². The Morgan fingerprint density at radius 1 is 1.43 bits per heavy atom. The van der Waals surface area contributed by atoms with E-state index in [1.54, 1.807) is 30.1 Å². The Morgan fingerprint density at radius 2 is 2.14 bits per heavy atom. The molecule has 0 spiro atoms. The Morgan fingerprint density at radius 3 is 2.67 bits per heavy atom. The monoisotopic (exact) mass is 356 g/mol. The van der Waals surface area contributed by atoms with Gasteiger partial charge in [-0.2, -0.15) is 5.10 Å². The molecule has 0 fully saturated rings. The van der Waals surface area contributed by atoms with E-state index in [-0.39, 0.29) is 11.9 Å². The summed E-state index contributed by atoms with van der Waals surface area (Å²) in [6.45, 7) is 3.97. The van der Waals surface area contributed by atoms with E-state index in [0.29, 0.717) is 21.5 Å². The molecule has 5 nitrogen and oxygen atoms in total. The van der Waals surface area contributed by atoms with Gasteiger partial charge in [-0.15, -0.1) is 0 Å². The molecule has 1 unspecified atom stereocenters. The number of nitrogens with two attached hydrogens (primary N) is 1. The number of hydrogen-bond donors (Lipinski definition) is 2. The fourth-order valence-corrected chi connectivity index (χ4v) is 2.86. The summed E-state index contributed by atoms with van der Waals surface area (Å²) in [7, 11) is 1.55. The summed E-state index contributed by atoms with van der Waals surface area (Å²) in [4.78, 5) is 0. The van der Waals surface area contributed by atoms with Gasteiger partial charge in [0.2, 0.25) is 0 Å². The lowest BCUT2D eigenvalue weighted by molar-refractivity contribution is 0.392. The highest BCUT2D eigenvalue weighted by Crippen LogP contribution is 2.35. The van der Waals surface area contributed by atoms with E-state index in [1.807, 2.05) is 13.8 Å². The molecule has 1 atom stereocenters. The quantitative estimate of drug-likeness (QED) is 0.638. The number of ether oxygens (including phenoxy) is 1. The minimum Gasteiger partial charge on any atom is -0.493 e. The molecule has 0 bridgehead atoms. The van der Waals surface area contributed by atoms with E-state index in [4.69, 9.17) is 10.6 Å². The van der Waals surface area contributed by atoms with Gasteiger partial charge in [0, 0.05) is 16.1 Å². The van der Waals surface area contributed by atoms with Crippen molar-refractivity contribution in [2.45, 2.75) is 25.9 Å². The van der Waals surface area contributed by atoms with E-state index in [1.165, 1.54) is 6.07 Å². The first-order valence-electron chi connectivity index (χ1n) is 6.52. The van der Waals surface area contributed by atoms with E-state index in [0.717, 1.165) is 0 Å². The largest absolute Gasteiger partial charge is 0.493 e. The van der Waals surface area contributed by atoms with Crippen LogP contribution in [0.25, 0.3) is 0 Å². The Balaban J connectivity index is 2.64. The van der Waals surface area contributed by atoms with Gasteiger partial charge < -0.3 is 4.74 Å². The van der Waals surface area contributed by atoms with Crippen molar-refractivity contribution in [2.24, 2.45) is 5.84 Å². The van der Waals surface area contributed by atoms with Gasteiger partial charge in [-0.3, -0.25) is 10.5 Å². The van der Waals surface area contributed by atoms with Gasteiger partial charge in [-0.25, -0.2) is 9.82 Å². The van der Waals surface area contributed by atoms with Gasteiger partial charge in [-0.1, -0.05) is 22.0 Å². The molecule has 1 heterocycles. The van der Waals surface area contributed by atoms with E-state index >= 15 is 0 Å². The number of nitrogens with one attached hydrogen (secondary N) is 1. The second-order valence-electron chi connectivity index (χ2n) is 4.87. The first-order valence-corrected chi connectivity index (χ1v) is 7.32. The van der Waals surface area contributed by atoms with Crippen molar-refractivity contribution in [3.63, 3.8) is 0 Å². The SMILES string of the molecule is COc1cnn(C(C)C)c1C(NN)c1c(F)cccc1Br. The molecule has 3 N–H and O–H groups in total. The second-order valence-corrected chi connectivity index (χ2v) is 5.73. The van der Waals surface area contributed by atoms with Crippen molar-refractivity contribution in [3.05, 3.63) is 45.9 Å². The summed E-state index contributed by atoms with van der Waals surface area (Å²) in [5, 5.41) is 4.30. The summed E-state index contributed by atoms with van der Waals surface area (Å²) < 4.78 is 22.0. The number of halogens is 2. The summed E-state index contributed by atoms with van der Waals surface area (Å²) in [6, 6.07) is 4.30. The molecule has 0 amide bonds. The van der Waals surface area contributed by atoms with Gasteiger partial charge in [0.15, 0.2) is 5.75 Å². The number of rotatable bonds is 5. The van der Waals surface area contributed by atoms with Gasteiger partial charge in [0.25, 0.3) is 0 Å². The van der Waals surface area contributed by atoms with E-state index in [2.05, 4.69) is 26.5 Å². The lowest BCUT2D eigenvalue weighted by Crippen LogP contribution is -2.32. The number of nitrogens with zero attached hydrogens (tertiary/aromatic N) is 2. The third-order valence-corrected chi connectivity index (χ3v) is 3.93. The highest BCUT2D eigenvalue weighted by atomic mass is 79.9. The smallest absolute Gasteiger partial charge is 0.161 e. The third-order valence-electron chi connectivity index (χ3n) is 3.24. The molecule has 0 aliphatic carbocycles. The maximum Gasteiger partial charge on any atom is 0.161 e. The van der Waals surface area contributed by atoms with Crippen molar-refractivity contribution in [1.82, 2.24) is 15.2 Å². The molecule has 0 saturated heterocycles. The van der Waals surface area contributed by atoms with Crippen molar-refractivity contribution in [3.8, 4) is 5.75 Å². The number of hydrogen-bond acceptors (Lipinski definition) is 4. The maximum atomic E-state index is 14.3. The van der Waals surface area contributed by atoms with Crippen LogP contribution in [-0.2, 0) is 0 Å². The molecule has 0 saturated carbocycles. The summed E-state index contributed by atoms with van der Waals surface area (Å²) in [5.74, 6) is 5.89. The van der Waals surface area contributed by atoms with Crippen LogP contribution in [0.4, 0.5) is 4.39 Å². The molecular weight excluding hydrogens is 339 g/mol. The van der Waals surface area contributed by atoms with Crippen LogP contribution in [0.2, 0.25) is 0 Å². The average molecular weight is 357 g/mol. The Hall–Kier alpha value is -1.44. The molecule has 0 radical (unpaired) electrons. The highest BCUT2D eigenvalue weighted by molar-refractivity contribution is 9.10. The molecule has 7 heteroatoms.